The van der Waals surface area contributed by atoms with Crippen molar-refractivity contribution in [2.75, 3.05) is 0 Å². The van der Waals surface area contributed by atoms with Crippen molar-refractivity contribution in [3.05, 3.63) is 34.3 Å². The van der Waals surface area contributed by atoms with Gasteiger partial charge < -0.3 is 5.32 Å². The van der Waals surface area contributed by atoms with Crippen LogP contribution in [0.5, 0.6) is 0 Å². The topological polar surface area (TPSA) is 12.0 Å². The normalized spacial score (nSPS) is 17.3. The summed E-state index contributed by atoms with van der Waals surface area (Å²) in [6, 6.07) is 9.80. The quantitative estimate of drug-likeness (QED) is 0.888. The van der Waals surface area contributed by atoms with Crippen molar-refractivity contribution in [2.24, 2.45) is 0 Å². The number of benzene rings is 1. The summed E-state index contributed by atoms with van der Waals surface area (Å²) in [5.41, 5.74) is 1.37. The zero-order valence-electron chi connectivity index (χ0n) is 8.16. The number of halogens is 2. The molecule has 0 aliphatic heterocycles. The van der Waals surface area contributed by atoms with Crippen molar-refractivity contribution in [3.63, 3.8) is 0 Å². The molecule has 2 rings (SSSR count). The van der Waals surface area contributed by atoms with Gasteiger partial charge in [0.05, 0.1) is 0 Å². The molecular weight excluding hydrogens is 261 g/mol. The van der Waals surface area contributed by atoms with Gasteiger partial charge in [-0.25, -0.2) is 0 Å². The lowest BCUT2D eigenvalue weighted by Gasteiger charge is -2.13. The standard InChI is InChI=1S/C11H14BrN.ClH/c1-8(13-11-6-7-11)9-2-4-10(12)5-3-9;/h2-5,8,11,13H,6-7H2,1H3;1H. The van der Waals surface area contributed by atoms with Crippen LogP contribution in [0.3, 0.4) is 0 Å². The van der Waals surface area contributed by atoms with E-state index in [2.05, 4.69) is 52.4 Å². The molecule has 1 saturated carbocycles. The molecule has 0 spiro atoms. The summed E-state index contributed by atoms with van der Waals surface area (Å²) in [6.45, 7) is 2.22. The highest BCUT2D eigenvalue weighted by atomic mass is 79.9. The number of rotatable bonds is 3. The first-order valence-electron chi connectivity index (χ1n) is 4.77. The van der Waals surface area contributed by atoms with Crippen molar-refractivity contribution in [1.29, 1.82) is 0 Å². The Kier molecular flexibility index (Phi) is 4.42. The molecule has 0 radical (unpaired) electrons. The van der Waals surface area contributed by atoms with E-state index in [4.69, 9.17) is 0 Å². The van der Waals surface area contributed by atoms with E-state index < -0.39 is 0 Å². The zero-order chi connectivity index (χ0) is 9.26. The van der Waals surface area contributed by atoms with Gasteiger partial charge in [-0.3, -0.25) is 0 Å². The van der Waals surface area contributed by atoms with Crippen LogP contribution in [0.25, 0.3) is 0 Å². The highest BCUT2D eigenvalue weighted by Gasteiger charge is 2.22. The summed E-state index contributed by atoms with van der Waals surface area (Å²) in [6.07, 6.45) is 2.70. The molecule has 1 aliphatic rings. The van der Waals surface area contributed by atoms with Crippen LogP contribution in [0.2, 0.25) is 0 Å². The van der Waals surface area contributed by atoms with Crippen LogP contribution in [0.1, 0.15) is 31.4 Å². The molecule has 78 valence electrons. The number of hydrogen-bond acceptors (Lipinski definition) is 1. The van der Waals surface area contributed by atoms with E-state index in [-0.39, 0.29) is 12.4 Å². The van der Waals surface area contributed by atoms with Crippen LogP contribution in [-0.2, 0) is 0 Å². The SMILES string of the molecule is CC(NC1CC1)c1ccc(Br)cc1.Cl. The average molecular weight is 277 g/mol. The van der Waals surface area contributed by atoms with Gasteiger partial charge >= 0.3 is 0 Å². The molecule has 1 aliphatic carbocycles. The maximum Gasteiger partial charge on any atom is 0.0294 e. The Morgan fingerprint density at radius 2 is 1.86 bits per heavy atom. The van der Waals surface area contributed by atoms with Crippen LogP contribution in [-0.4, -0.2) is 6.04 Å². The summed E-state index contributed by atoms with van der Waals surface area (Å²) in [5, 5.41) is 3.57. The van der Waals surface area contributed by atoms with E-state index in [1.165, 1.54) is 18.4 Å². The summed E-state index contributed by atoms with van der Waals surface area (Å²) in [5.74, 6) is 0. The van der Waals surface area contributed by atoms with Gasteiger partial charge in [0.25, 0.3) is 0 Å². The molecule has 1 aromatic carbocycles. The molecule has 1 unspecified atom stereocenters. The third kappa shape index (κ3) is 3.26. The van der Waals surface area contributed by atoms with Gasteiger partial charge in [0.1, 0.15) is 0 Å². The maximum absolute atomic E-state index is 3.57. The van der Waals surface area contributed by atoms with Crippen LogP contribution < -0.4 is 5.32 Å². The van der Waals surface area contributed by atoms with Gasteiger partial charge in [-0.1, -0.05) is 28.1 Å². The summed E-state index contributed by atoms with van der Waals surface area (Å²) < 4.78 is 1.15. The highest BCUT2D eigenvalue weighted by molar-refractivity contribution is 9.10. The molecule has 1 aromatic rings. The second kappa shape index (κ2) is 5.15. The monoisotopic (exact) mass is 275 g/mol. The Morgan fingerprint density at radius 3 is 2.36 bits per heavy atom. The van der Waals surface area contributed by atoms with Gasteiger partial charge in [0, 0.05) is 16.6 Å². The van der Waals surface area contributed by atoms with E-state index in [0.717, 1.165) is 10.5 Å². The van der Waals surface area contributed by atoms with E-state index >= 15 is 0 Å². The fraction of sp³-hybridized carbons (Fsp3) is 0.455. The first-order chi connectivity index (χ1) is 6.25. The Bertz CT molecular complexity index is 282. The van der Waals surface area contributed by atoms with Crippen molar-refractivity contribution >= 4 is 28.3 Å². The molecule has 0 aromatic heterocycles. The minimum atomic E-state index is 0. The number of nitrogens with one attached hydrogen (secondary N) is 1. The Morgan fingerprint density at radius 1 is 1.29 bits per heavy atom. The van der Waals surface area contributed by atoms with Gasteiger partial charge in [-0.2, -0.15) is 0 Å². The summed E-state index contributed by atoms with van der Waals surface area (Å²) in [7, 11) is 0. The smallest absolute Gasteiger partial charge is 0.0294 e. The highest BCUT2D eigenvalue weighted by Crippen LogP contribution is 2.24. The van der Waals surface area contributed by atoms with Gasteiger partial charge in [0.2, 0.25) is 0 Å². The van der Waals surface area contributed by atoms with E-state index in [9.17, 15) is 0 Å². The van der Waals surface area contributed by atoms with Crippen LogP contribution >= 0.6 is 28.3 Å². The Labute approximate surface area is 99.8 Å². The Balaban J connectivity index is 0.000000980. The fourth-order valence-corrected chi connectivity index (χ4v) is 1.72. The molecule has 0 saturated heterocycles. The predicted molar refractivity (Wildman–Crippen MR) is 66.0 cm³/mol. The van der Waals surface area contributed by atoms with Crippen LogP contribution in [0, 0.1) is 0 Å². The van der Waals surface area contributed by atoms with Crippen LogP contribution in [0.4, 0.5) is 0 Å². The third-order valence-corrected chi connectivity index (χ3v) is 2.96. The Hall–Kier alpha value is -0.0500. The van der Waals surface area contributed by atoms with Gasteiger partial charge in [0.15, 0.2) is 0 Å². The second-order valence-corrected chi connectivity index (χ2v) is 4.63. The molecule has 1 fully saturated rings. The summed E-state index contributed by atoms with van der Waals surface area (Å²) >= 11 is 3.44. The molecule has 0 amide bonds. The molecule has 0 bridgehead atoms. The molecule has 1 nitrogen and oxygen atoms in total. The first-order valence-corrected chi connectivity index (χ1v) is 5.56. The molecule has 1 N–H and O–H groups in total. The summed E-state index contributed by atoms with van der Waals surface area (Å²) in [4.78, 5) is 0. The predicted octanol–water partition coefficient (Wildman–Crippen LogP) is 3.68. The lowest BCUT2D eigenvalue weighted by molar-refractivity contribution is 0.571. The largest absolute Gasteiger partial charge is 0.307 e. The zero-order valence-corrected chi connectivity index (χ0v) is 10.6. The second-order valence-electron chi connectivity index (χ2n) is 3.71. The lowest BCUT2D eigenvalue weighted by atomic mass is 10.1. The minimum Gasteiger partial charge on any atom is -0.307 e. The van der Waals surface area contributed by atoms with Gasteiger partial charge in [-0.05, 0) is 37.5 Å². The number of hydrogen-bond donors (Lipinski definition) is 1. The van der Waals surface area contributed by atoms with E-state index in [0.29, 0.717) is 6.04 Å². The first kappa shape index (κ1) is 12.0. The fourth-order valence-electron chi connectivity index (χ4n) is 1.45. The van der Waals surface area contributed by atoms with Crippen LogP contribution in [0.15, 0.2) is 28.7 Å². The van der Waals surface area contributed by atoms with Crippen molar-refractivity contribution in [2.45, 2.75) is 31.8 Å². The molecule has 1 atom stereocenters. The van der Waals surface area contributed by atoms with Gasteiger partial charge in [-0.15, -0.1) is 12.4 Å². The van der Waals surface area contributed by atoms with Crippen molar-refractivity contribution in [3.8, 4) is 0 Å². The molecule has 3 heteroatoms. The van der Waals surface area contributed by atoms with Crippen molar-refractivity contribution < 1.29 is 0 Å². The van der Waals surface area contributed by atoms with E-state index in [1.807, 2.05) is 0 Å². The van der Waals surface area contributed by atoms with E-state index in [1.54, 1.807) is 0 Å². The average Bonchev–Trinajstić information content (AvgIpc) is 2.89. The molecule has 14 heavy (non-hydrogen) atoms. The third-order valence-electron chi connectivity index (χ3n) is 2.43. The minimum absolute atomic E-state index is 0. The molecular formula is C11H15BrClN. The lowest BCUT2D eigenvalue weighted by Crippen LogP contribution is -2.20. The van der Waals surface area contributed by atoms with Crippen molar-refractivity contribution in [1.82, 2.24) is 5.32 Å². The molecule has 0 heterocycles. The maximum atomic E-state index is 3.57.